The Labute approximate surface area is 200 Å². The van der Waals surface area contributed by atoms with Gasteiger partial charge in [0.1, 0.15) is 0 Å². The second kappa shape index (κ2) is 10.4. The summed E-state index contributed by atoms with van der Waals surface area (Å²) in [7, 11) is 1.34. The van der Waals surface area contributed by atoms with E-state index < -0.39 is 5.97 Å². The van der Waals surface area contributed by atoms with Crippen molar-refractivity contribution in [1.29, 1.82) is 0 Å². The monoisotopic (exact) mass is 455 g/mol. The maximum absolute atomic E-state index is 13.1. The highest BCUT2D eigenvalue weighted by atomic mass is 16.5. The molecule has 1 aliphatic rings. The molecule has 0 aliphatic carbocycles. The van der Waals surface area contributed by atoms with E-state index in [9.17, 15) is 9.59 Å². The zero-order chi connectivity index (χ0) is 24.1. The predicted molar refractivity (Wildman–Crippen MR) is 136 cm³/mol. The van der Waals surface area contributed by atoms with Crippen LogP contribution in [0.15, 0.2) is 72.8 Å². The molecule has 0 aromatic heterocycles. The predicted octanol–water partition coefficient (Wildman–Crippen LogP) is 5.15. The normalized spacial score (nSPS) is 13.9. The molecule has 0 radical (unpaired) electrons. The van der Waals surface area contributed by atoms with Crippen LogP contribution in [-0.2, 0) is 16.1 Å². The SMILES string of the molecule is COC(=O)c1ccc2c(c1)NC(=O)C2=C(Nc1ccc(CNCC(C)C)cc1)c1ccccc1. The summed E-state index contributed by atoms with van der Waals surface area (Å²) in [4.78, 5) is 25.0. The van der Waals surface area contributed by atoms with Crippen molar-refractivity contribution in [2.45, 2.75) is 20.4 Å². The highest BCUT2D eigenvalue weighted by Crippen LogP contribution is 2.38. The topological polar surface area (TPSA) is 79.5 Å². The van der Waals surface area contributed by atoms with Crippen LogP contribution in [0.5, 0.6) is 0 Å². The number of carbonyl (C=O) groups excluding carboxylic acids is 2. The molecule has 0 saturated heterocycles. The van der Waals surface area contributed by atoms with E-state index in [1.165, 1.54) is 12.7 Å². The van der Waals surface area contributed by atoms with E-state index in [2.05, 4.69) is 41.9 Å². The summed E-state index contributed by atoms with van der Waals surface area (Å²) in [5, 5.41) is 9.81. The average molecular weight is 456 g/mol. The molecule has 4 rings (SSSR count). The number of nitrogens with one attached hydrogen (secondary N) is 3. The molecule has 6 heteroatoms. The van der Waals surface area contributed by atoms with Crippen LogP contribution < -0.4 is 16.0 Å². The number of carbonyl (C=O) groups is 2. The zero-order valence-corrected chi connectivity index (χ0v) is 19.6. The number of hydrogen-bond acceptors (Lipinski definition) is 5. The van der Waals surface area contributed by atoms with Crippen LogP contribution in [0.4, 0.5) is 11.4 Å². The molecule has 3 aromatic carbocycles. The van der Waals surface area contributed by atoms with Crippen molar-refractivity contribution in [3.63, 3.8) is 0 Å². The van der Waals surface area contributed by atoms with Crippen molar-refractivity contribution >= 4 is 34.5 Å². The molecule has 3 aromatic rings. The number of hydrogen-bond donors (Lipinski definition) is 3. The first-order valence-corrected chi connectivity index (χ1v) is 11.4. The lowest BCUT2D eigenvalue weighted by molar-refractivity contribution is -0.110. The third-order valence-electron chi connectivity index (χ3n) is 5.60. The lowest BCUT2D eigenvalue weighted by atomic mass is 9.99. The minimum atomic E-state index is -0.445. The summed E-state index contributed by atoms with van der Waals surface area (Å²) >= 11 is 0. The van der Waals surface area contributed by atoms with E-state index in [4.69, 9.17) is 4.74 Å². The number of methoxy groups -OCH3 is 1. The maximum atomic E-state index is 13.1. The van der Waals surface area contributed by atoms with Gasteiger partial charge in [0, 0.05) is 17.8 Å². The highest BCUT2D eigenvalue weighted by Gasteiger charge is 2.29. The van der Waals surface area contributed by atoms with E-state index in [1.54, 1.807) is 18.2 Å². The van der Waals surface area contributed by atoms with Gasteiger partial charge in [-0.25, -0.2) is 4.79 Å². The van der Waals surface area contributed by atoms with Gasteiger partial charge >= 0.3 is 5.97 Å². The van der Waals surface area contributed by atoms with Crippen LogP contribution in [-0.4, -0.2) is 25.5 Å². The van der Waals surface area contributed by atoms with Gasteiger partial charge in [-0.3, -0.25) is 4.79 Å². The van der Waals surface area contributed by atoms with Crippen molar-refractivity contribution in [2.24, 2.45) is 5.92 Å². The third-order valence-corrected chi connectivity index (χ3v) is 5.60. The van der Waals surface area contributed by atoms with Crippen LogP contribution in [0.25, 0.3) is 11.3 Å². The minimum Gasteiger partial charge on any atom is -0.465 e. The lowest BCUT2D eigenvalue weighted by Crippen LogP contribution is -2.18. The first-order chi connectivity index (χ1) is 16.5. The van der Waals surface area contributed by atoms with Crippen molar-refractivity contribution in [2.75, 3.05) is 24.3 Å². The van der Waals surface area contributed by atoms with Gasteiger partial charge in [-0.15, -0.1) is 0 Å². The van der Waals surface area contributed by atoms with Gasteiger partial charge in [0.15, 0.2) is 0 Å². The number of fused-ring (bicyclic) bond motifs is 1. The molecular weight excluding hydrogens is 426 g/mol. The van der Waals surface area contributed by atoms with Crippen LogP contribution in [0, 0.1) is 5.92 Å². The molecule has 34 heavy (non-hydrogen) atoms. The van der Waals surface area contributed by atoms with Crippen molar-refractivity contribution in [1.82, 2.24) is 5.32 Å². The van der Waals surface area contributed by atoms with Crippen LogP contribution in [0.1, 0.15) is 40.9 Å². The molecule has 6 nitrogen and oxygen atoms in total. The number of rotatable bonds is 8. The summed E-state index contributed by atoms with van der Waals surface area (Å²) in [6.07, 6.45) is 0. The Balaban J connectivity index is 1.68. The molecule has 3 N–H and O–H groups in total. The Morgan fingerprint density at radius 1 is 0.971 bits per heavy atom. The fourth-order valence-electron chi connectivity index (χ4n) is 3.91. The van der Waals surface area contributed by atoms with Gasteiger partial charge in [-0.05, 0) is 47.9 Å². The third kappa shape index (κ3) is 5.18. The molecule has 0 bridgehead atoms. The molecule has 1 amide bonds. The number of amides is 1. The number of ether oxygens (including phenoxy) is 1. The van der Waals surface area contributed by atoms with Gasteiger partial charge in [-0.2, -0.15) is 0 Å². The number of benzene rings is 3. The van der Waals surface area contributed by atoms with Crippen LogP contribution in [0.2, 0.25) is 0 Å². The first kappa shape index (κ1) is 23.3. The van der Waals surface area contributed by atoms with E-state index >= 15 is 0 Å². The van der Waals surface area contributed by atoms with Gasteiger partial charge in [-0.1, -0.05) is 62.4 Å². The van der Waals surface area contributed by atoms with Gasteiger partial charge in [0.2, 0.25) is 0 Å². The van der Waals surface area contributed by atoms with E-state index in [0.717, 1.165) is 29.9 Å². The average Bonchev–Trinajstić information content (AvgIpc) is 3.18. The standard InChI is InChI=1S/C28H29N3O3/c1-18(2)16-29-17-19-9-12-22(13-10-19)30-26(20-7-5-4-6-8-20)25-23-14-11-21(28(33)34-3)15-24(23)31-27(25)32/h4-15,18,29-30H,16-17H2,1-3H3,(H,31,32). The largest absolute Gasteiger partial charge is 0.465 e. The quantitative estimate of drug-likeness (QED) is 0.323. The summed E-state index contributed by atoms with van der Waals surface area (Å²) < 4.78 is 4.81. The maximum Gasteiger partial charge on any atom is 0.337 e. The van der Waals surface area contributed by atoms with Crippen molar-refractivity contribution in [3.05, 3.63) is 95.1 Å². The highest BCUT2D eigenvalue weighted by molar-refractivity contribution is 6.37. The molecule has 1 aliphatic heterocycles. The fourth-order valence-corrected chi connectivity index (χ4v) is 3.91. The number of anilines is 2. The van der Waals surface area contributed by atoms with Crippen molar-refractivity contribution in [3.8, 4) is 0 Å². The molecule has 0 spiro atoms. The minimum absolute atomic E-state index is 0.224. The molecule has 1 heterocycles. The Morgan fingerprint density at radius 2 is 1.71 bits per heavy atom. The molecular formula is C28H29N3O3. The molecule has 0 saturated carbocycles. The molecule has 0 atom stereocenters. The van der Waals surface area contributed by atoms with Gasteiger partial charge in [0.05, 0.1) is 29.6 Å². The Kier molecular flexibility index (Phi) is 7.09. The van der Waals surface area contributed by atoms with E-state index in [0.29, 0.717) is 28.4 Å². The van der Waals surface area contributed by atoms with Crippen molar-refractivity contribution < 1.29 is 14.3 Å². The number of esters is 1. The Bertz CT molecular complexity index is 1220. The van der Waals surface area contributed by atoms with E-state index in [1.807, 2.05) is 42.5 Å². The van der Waals surface area contributed by atoms with Crippen LogP contribution in [0.3, 0.4) is 0 Å². The fraction of sp³-hybridized carbons (Fsp3) is 0.214. The smallest absolute Gasteiger partial charge is 0.337 e. The lowest BCUT2D eigenvalue weighted by Gasteiger charge is -2.15. The van der Waals surface area contributed by atoms with E-state index in [-0.39, 0.29) is 5.91 Å². The molecule has 0 fully saturated rings. The van der Waals surface area contributed by atoms with Gasteiger partial charge < -0.3 is 20.7 Å². The second-order valence-corrected chi connectivity index (χ2v) is 8.67. The summed E-state index contributed by atoms with van der Waals surface area (Å²) in [5.41, 5.74) is 5.90. The van der Waals surface area contributed by atoms with Crippen LogP contribution >= 0.6 is 0 Å². The summed E-state index contributed by atoms with van der Waals surface area (Å²) in [5.74, 6) is -0.0677. The first-order valence-electron chi connectivity index (χ1n) is 11.4. The Morgan fingerprint density at radius 3 is 2.38 bits per heavy atom. The second-order valence-electron chi connectivity index (χ2n) is 8.67. The zero-order valence-electron chi connectivity index (χ0n) is 19.6. The molecule has 174 valence electrons. The summed E-state index contributed by atoms with van der Waals surface area (Å²) in [6.45, 7) is 6.15. The van der Waals surface area contributed by atoms with Gasteiger partial charge in [0.25, 0.3) is 5.91 Å². The summed E-state index contributed by atoms with van der Waals surface area (Å²) in [6, 6.07) is 23.0. The molecule has 0 unspecified atom stereocenters. The Hall–Kier alpha value is -3.90.